The normalized spacial score (nSPS) is 11.1. The first-order valence-electron chi connectivity index (χ1n) is 4.01. The van der Waals surface area contributed by atoms with E-state index >= 15 is 0 Å². The molecule has 0 amide bonds. The van der Waals surface area contributed by atoms with Crippen LogP contribution in [0.2, 0.25) is 10.0 Å². The first-order valence-corrected chi connectivity index (χ1v) is 5.99. The lowest BCUT2D eigenvalue weighted by Crippen LogP contribution is -2.12. The quantitative estimate of drug-likeness (QED) is 0.281. The summed E-state index contributed by atoms with van der Waals surface area (Å²) in [5.41, 5.74) is -0.0822. The molecule has 0 atom stereocenters. The third-order valence-corrected chi connectivity index (χ3v) is 2.96. The molecule has 84 valence electrons. The van der Waals surface area contributed by atoms with Gasteiger partial charge in [0.25, 0.3) is 0 Å². The van der Waals surface area contributed by atoms with Crippen LogP contribution in [-0.4, -0.2) is 11.4 Å². The number of hydrogen-bond donors (Lipinski definition) is 1. The Morgan fingerprint density at radius 1 is 1.56 bits per heavy atom. The maximum absolute atomic E-state index is 13.4. The fourth-order valence-corrected chi connectivity index (χ4v) is 1.57. The number of rotatable bonds is 1. The van der Waals surface area contributed by atoms with Crippen molar-refractivity contribution in [3.05, 3.63) is 28.0 Å². The molecule has 0 saturated carbocycles. The van der Waals surface area contributed by atoms with Crippen LogP contribution in [0.3, 0.4) is 0 Å². The molecule has 3 nitrogen and oxygen atoms in total. The van der Waals surface area contributed by atoms with Crippen LogP contribution in [-0.2, 0) is 0 Å². The molecule has 1 aromatic rings. The maximum Gasteiger partial charge on any atom is 0.183 e. The zero-order chi connectivity index (χ0) is 12.1. The van der Waals surface area contributed by atoms with E-state index in [9.17, 15) is 4.39 Å². The molecular weight excluding hydrogens is 272 g/mol. The Hall–Kier alpha value is -0.960. The van der Waals surface area contributed by atoms with Gasteiger partial charge in [-0.05, 0) is 18.4 Å². The maximum atomic E-state index is 13.4. The van der Waals surface area contributed by atoms with Gasteiger partial charge in [0.2, 0.25) is 0 Å². The van der Waals surface area contributed by atoms with Crippen molar-refractivity contribution in [2.45, 2.75) is 0 Å². The van der Waals surface area contributed by atoms with Crippen LogP contribution >= 0.6 is 35.0 Å². The summed E-state index contributed by atoms with van der Waals surface area (Å²) in [4.78, 5) is 3.88. The Kier molecular flexibility index (Phi) is 4.87. The summed E-state index contributed by atoms with van der Waals surface area (Å²) < 4.78 is 13.4. The van der Waals surface area contributed by atoms with Gasteiger partial charge in [-0.1, -0.05) is 35.0 Å². The highest BCUT2D eigenvalue weighted by Gasteiger charge is 2.11. The van der Waals surface area contributed by atoms with Crippen molar-refractivity contribution in [3.8, 4) is 6.19 Å². The van der Waals surface area contributed by atoms with E-state index < -0.39 is 5.82 Å². The van der Waals surface area contributed by atoms with Gasteiger partial charge in [-0.25, -0.2) is 9.38 Å². The van der Waals surface area contributed by atoms with Gasteiger partial charge in [0.15, 0.2) is 17.2 Å². The van der Waals surface area contributed by atoms with Crippen LogP contribution in [0.25, 0.3) is 0 Å². The molecule has 0 aliphatic rings. The molecule has 0 fully saturated rings. The van der Waals surface area contributed by atoms with Crippen LogP contribution in [0.5, 0.6) is 0 Å². The third-order valence-electron chi connectivity index (χ3n) is 1.59. The molecule has 1 N–H and O–H groups in total. The van der Waals surface area contributed by atoms with Crippen molar-refractivity contribution >= 4 is 45.8 Å². The fourth-order valence-electron chi connectivity index (χ4n) is 0.893. The van der Waals surface area contributed by atoms with Gasteiger partial charge in [0, 0.05) is 0 Å². The van der Waals surface area contributed by atoms with Gasteiger partial charge in [0.05, 0.1) is 10.0 Å². The molecule has 0 spiro atoms. The SMILES string of the molecule is CSC(=Nc1c(F)ccc(Cl)c1Cl)NC#N. The predicted molar refractivity (Wildman–Crippen MR) is 65.8 cm³/mol. The average Bonchev–Trinajstić information content (AvgIpc) is 2.28. The minimum Gasteiger partial charge on any atom is -0.271 e. The number of hydrogen-bond acceptors (Lipinski definition) is 3. The lowest BCUT2D eigenvalue weighted by atomic mass is 10.3. The number of benzene rings is 1. The van der Waals surface area contributed by atoms with Crippen LogP contribution in [0, 0.1) is 17.3 Å². The van der Waals surface area contributed by atoms with Crippen molar-refractivity contribution in [1.29, 1.82) is 5.26 Å². The van der Waals surface area contributed by atoms with Crippen LogP contribution in [0.1, 0.15) is 0 Å². The van der Waals surface area contributed by atoms with E-state index in [0.717, 1.165) is 17.8 Å². The zero-order valence-corrected chi connectivity index (χ0v) is 10.4. The number of nitrogens with one attached hydrogen (secondary N) is 1. The van der Waals surface area contributed by atoms with Crippen molar-refractivity contribution in [1.82, 2.24) is 5.32 Å². The molecule has 0 aliphatic carbocycles. The van der Waals surface area contributed by atoms with Gasteiger partial charge >= 0.3 is 0 Å². The van der Waals surface area contributed by atoms with Gasteiger partial charge in [-0.2, -0.15) is 5.26 Å². The van der Waals surface area contributed by atoms with Crippen molar-refractivity contribution < 1.29 is 4.39 Å². The second kappa shape index (κ2) is 5.94. The molecule has 0 heterocycles. The topological polar surface area (TPSA) is 48.2 Å². The monoisotopic (exact) mass is 277 g/mol. The summed E-state index contributed by atoms with van der Waals surface area (Å²) >= 11 is 12.7. The molecular formula is C9H6Cl2FN3S. The lowest BCUT2D eigenvalue weighted by molar-refractivity contribution is 0.630. The van der Waals surface area contributed by atoms with Crippen molar-refractivity contribution in [2.24, 2.45) is 4.99 Å². The minimum absolute atomic E-state index is 0.0213. The van der Waals surface area contributed by atoms with Gasteiger partial charge in [-0.3, -0.25) is 5.32 Å². The summed E-state index contributed by atoms with van der Waals surface area (Å²) in [5, 5.41) is 11.2. The van der Waals surface area contributed by atoms with E-state index in [1.165, 1.54) is 6.07 Å². The van der Waals surface area contributed by atoms with Gasteiger partial charge in [0.1, 0.15) is 5.69 Å². The van der Waals surface area contributed by atoms with E-state index in [-0.39, 0.29) is 20.9 Å². The van der Waals surface area contributed by atoms with Crippen molar-refractivity contribution in [2.75, 3.05) is 6.26 Å². The number of halogens is 3. The summed E-state index contributed by atoms with van der Waals surface area (Å²) in [6.45, 7) is 0. The molecule has 16 heavy (non-hydrogen) atoms. The van der Waals surface area contributed by atoms with E-state index in [0.29, 0.717) is 0 Å². The smallest absolute Gasteiger partial charge is 0.183 e. The van der Waals surface area contributed by atoms with Crippen molar-refractivity contribution in [3.63, 3.8) is 0 Å². The summed E-state index contributed by atoms with van der Waals surface area (Å²) in [6, 6.07) is 2.51. The van der Waals surface area contributed by atoms with Crippen LogP contribution < -0.4 is 5.32 Å². The number of nitrogens with zero attached hydrogens (tertiary/aromatic N) is 2. The Morgan fingerprint density at radius 3 is 2.81 bits per heavy atom. The predicted octanol–water partition coefficient (Wildman–Crippen LogP) is 3.55. The molecule has 1 aromatic carbocycles. The first kappa shape index (κ1) is 13.1. The number of nitriles is 1. The number of amidine groups is 1. The van der Waals surface area contributed by atoms with E-state index in [1.807, 2.05) is 0 Å². The molecule has 0 unspecified atom stereocenters. The molecule has 0 aliphatic heterocycles. The summed E-state index contributed by atoms with van der Waals surface area (Å²) in [7, 11) is 0. The Balaban J connectivity index is 3.23. The highest BCUT2D eigenvalue weighted by molar-refractivity contribution is 8.13. The van der Waals surface area contributed by atoms with E-state index in [2.05, 4.69) is 10.3 Å². The molecule has 1 rings (SSSR count). The van der Waals surface area contributed by atoms with E-state index in [4.69, 9.17) is 28.5 Å². The largest absolute Gasteiger partial charge is 0.271 e. The lowest BCUT2D eigenvalue weighted by Gasteiger charge is -2.04. The molecule has 7 heteroatoms. The highest BCUT2D eigenvalue weighted by atomic mass is 35.5. The molecule has 0 aromatic heterocycles. The fraction of sp³-hybridized carbons (Fsp3) is 0.111. The first-order chi connectivity index (χ1) is 7.60. The number of aliphatic imine (C=N–C) groups is 1. The molecule has 0 radical (unpaired) electrons. The Labute approximate surface area is 106 Å². The van der Waals surface area contributed by atoms with Crippen LogP contribution in [0.15, 0.2) is 17.1 Å². The van der Waals surface area contributed by atoms with Gasteiger partial charge < -0.3 is 0 Å². The zero-order valence-electron chi connectivity index (χ0n) is 8.09. The standard InChI is InChI=1S/C9H6Cl2FN3S/c1-16-9(14-4-13)15-8-6(12)3-2-5(10)7(8)11/h2-3H,1H3,(H,14,15). The second-order valence-electron chi connectivity index (χ2n) is 2.55. The Bertz CT molecular complexity index is 471. The summed E-state index contributed by atoms with van der Waals surface area (Å²) in [5.74, 6) is -0.597. The average molecular weight is 278 g/mol. The molecule has 0 saturated heterocycles. The molecule has 0 bridgehead atoms. The Morgan fingerprint density at radius 2 is 2.25 bits per heavy atom. The van der Waals surface area contributed by atoms with Crippen LogP contribution in [0.4, 0.5) is 10.1 Å². The number of thioether (sulfide) groups is 1. The van der Waals surface area contributed by atoms with E-state index in [1.54, 1.807) is 12.4 Å². The summed E-state index contributed by atoms with van der Waals surface area (Å²) in [6.07, 6.45) is 3.39. The highest BCUT2D eigenvalue weighted by Crippen LogP contribution is 2.34. The minimum atomic E-state index is -0.597. The van der Waals surface area contributed by atoms with Gasteiger partial charge in [-0.15, -0.1) is 0 Å². The second-order valence-corrected chi connectivity index (χ2v) is 4.13. The third kappa shape index (κ3) is 3.01.